The molecule has 2 fully saturated rings. The van der Waals surface area contributed by atoms with Crippen molar-refractivity contribution in [3.63, 3.8) is 0 Å². The van der Waals surface area contributed by atoms with Crippen LogP contribution in [0.2, 0.25) is 20.1 Å². The zero-order valence-corrected chi connectivity index (χ0v) is 46.2. The van der Waals surface area contributed by atoms with E-state index in [2.05, 4.69) is 58.8 Å². The fraction of sp³-hybridized carbons (Fsp3) is 0.500. The van der Waals surface area contributed by atoms with E-state index in [9.17, 15) is 19.2 Å². The van der Waals surface area contributed by atoms with E-state index in [-0.39, 0.29) is 41.1 Å². The topological polar surface area (TPSA) is 149 Å². The third-order valence-corrected chi connectivity index (χ3v) is 16.8. The summed E-state index contributed by atoms with van der Waals surface area (Å²) in [6.45, 7) is 11.3. The van der Waals surface area contributed by atoms with Crippen LogP contribution in [0.5, 0.6) is 0 Å². The Kier molecular flexibility index (Phi) is 17.3. The molecule has 4 aromatic rings. The molecular formula is C56H66Cl4N8O8. The third kappa shape index (κ3) is 12.3. The lowest BCUT2D eigenvalue weighted by Gasteiger charge is -2.47. The van der Waals surface area contributed by atoms with Crippen molar-refractivity contribution in [2.75, 3.05) is 132 Å². The van der Waals surface area contributed by atoms with E-state index in [0.717, 1.165) is 88.2 Å². The van der Waals surface area contributed by atoms with E-state index in [1.165, 1.54) is 0 Å². The highest BCUT2D eigenvalue weighted by molar-refractivity contribution is 6.35. The number of nitrogens with one attached hydrogen (secondary N) is 2. The summed E-state index contributed by atoms with van der Waals surface area (Å²) in [4.78, 5) is 64.4. The van der Waals surface area contributed by atoms with E-state index in [0.29, 0.717) is 138 Å². The van der Waals surface area contributed by atoms with Crippen molar-refractivity contribution in [1.82, 2.24) is 40.0 Å². The van der Waals surface area contributed by atoms with Crippen molar-refractivity contribution in [2.24, 2.45) is 5.41 Å². The number of carbonyl (C=O) groups is 4. The number of likely N-dealkylation sites (tertiary alicyclic amines) is 2. The van der Waals surface area contributed by atoms with Crippen molar-refractivity contribution in [3.8, 4) is 0 Å². The molecule has 0 bridgehead atoms. The Morgan fingerprint density at radius 3 is 1.47 bits per heavy atom. The van der Waals surface area contributed by atoms with Crippen LogP contribution >= 0.6 is 46.4 Å². The van der Waals surface area contributed by atoms with Gasteiger partial charge in [-0.2, -0.15) is 0 Å². The Hall–Kier alpha value is -4.72. The van der Waals surface area contributed by atoms with E-state index < -0.39 is 0 Å². The van der Waals surface area contributed by atoms with Gasteiger partial charge in [0.1, 0.15) is 0 Å². The van der Waals surface area contributed by atoms with E-state index in [1.807, 2.05) is 39.0 Å². The zero-order chi connectivity index (χ0) is 53.1. The van der Waals surface area contributed by atoms with Gasteiger partial charge in [0, 0.05) is 140 Å². The van der Waals surface area contributed by atoms with Crippen molar-refractivity contribution in [1.29, 1.82) is 0 Å². The van der Waals surface area contributed by atoms with Gasteiger partial charge in [-0.1, -0.05) is 70.7 Å². The lowest BCUT2D eigenvalue weighted by molar-refractivity contribution is 0.0320. The maximum absolute atomic E-state index is 13.4. The summed E-state index contributed by atoms with van der Waals surface area (Å²) in [7, 11) is 4.15. The van der Waals surface area contributed by atoms with Crippen LogP contribution in [0.1, 0.15) is 83.5 Å². The summed E-state index contributed by atoms with van der Waals surface area (Å²) in [5.41, 5.74) is 9.92. The van der Waals surface area contributed by atoms with Crippen LogP contribution in [-0.4, -0.2) is 186 Å². The summed E-state index contributed by atoms with van der Waals surface area (Å²) >= 11 is 26.0. The fourth-order valence-corrected chi connectivity index (χ4v) is 12.9. The van der Waals surface area contributed by atoms with Crippen molar-refractivity contribution < 1.29 is 38.1 Å². The number of nitrogens with zero attached hydrogens (tertiary/aromatic N) is 6. The van der Waals surface area contributed by atoms with Gasteiger partial charge in [0.15, 0.2) is 0 Å². The first kappa shape index (κ1) is 54.6. The molecule has 10 rings (SSSR count). The lowest BCUT2D eigenvalue weighted by Crippen LogP contribution is -2.62. The quantitative estimate of drug-likeness (QED) is 0.0851. The minimum absolute atomic E-state index is 0.00403. The Labute approximate surface area is 464 Å². The molecule has 20 heteroatoms. The van der Waals surface area contributed by atoms with Gasteiger partial charge in [-0.3, -0.25) is 9.59 Å². The number of rotatable bonds is 20. The molecule has 16 nitrogen and oxygen atoms in total. The Balaban J connectivity index is 0.536. The van der Waals surface area contributed by atoms with Crippen molar-refractivity contribution >= 4 is 70.3 Å². The van der Waals surface area contributed by atoms with Crippen LogP contribution in [-0.2, 0) is 45.1 Å². The third-order valence-electron chi connectivity index (χ3n) is 15.7. The number of urea groups is 2. The first-order valence-corrected chi connectivity index (χ1v) is 27.8. The molecule has 0 radical (unpaired) electrons. The van der Waals surface area contributed by atoms with Crippen LogP contribution in [0, 0.1) is 5.41 Å². The first-order chi connectivity index (χ1) is 36.7. The second kappa shape index (κ2) is 24.1. The minimum Gasteiger partial charge on any atom is -0.377 e. The van der Waals surface area contributed by atoms with Crippen LogP contribution < -0.4 is 10.6 Å². The lowest BCUT2D eigenvalue weighted by atomic mass is 9.79. The molecule has 2 saturated heterocycles. The Morgan fingerprint density at radius 2 is 1.00 bits per heavy atom. The maximum Gasteiger partial charge on any atom is 0.317 e. The van der Waals surface area contributed by atoms with E-state index in [4.69, 9.17) is 65.4 Å². The first-order valence-electron chi connectivity index (χ1n) is 26.3. The molecule has 2 atom stereocenters. The summed E-state index contributed by atoms with van der Waals surface area (Å²) in [6.07, 6.45) is 0.843. The number of fused-ring (bicyclic) bond motifs is 4. The van der Waals surface area contributed by atoms with Crippen LogP contribution in [0.15, 0.2) is 60.7 Å². The summed E-state index contributed by atoms with van der Waals surface area (Å²) < 4.78 is 23.0. The predicted molar refractivity (Wildman–Crippen MR) is 292 cm³/mol. The number of amides is 6. The van der Waals surface area contributed by atoms with Gasteiger partial charge >= 0.3 is 12.1 Å². The highest BCUT2D eigenvalue weighted by Gasteiger charge is 2.50. The second-order valence-corrected chi connectivity index (χ2v) is 22.8. The molecule has 0 saturated carbocycles. The molecule has 0 aromatic heterocycles. The monoisotopic (exact) mass is 1120 g/mol. The van der Waals surface area contributed by atoms with Gasteiger partial charge in [-0.15, -0.1) is 0 Å². The largest absolute Gasteiger partial charge is 0.377 e. The normalized spacial score (nSPS) is 19.8. The summed E-state index contributed by atoms with van der Waals surface area (Å²) in [5.74, 6) is 0.127. The molecule has 1 spiro atoms. The molecule has 6 heterocycles. The highest BCUT2D eigenvalue weighted by Crippen LogP contribution is 2.42. The van der Waals surface area contributed by atoms with Gasteiger partial charge in [-0.05, 0) is 101 Å². The molecule has 6 aliphatic heterocycles. The molecule has 4 aromatic carbocycles. The smallest absolute Gasteiger partial charge is 0.317 e. The van der Waals surface area contributed by atoms with Crippen molar-refractivity contribution in [3.05, 3.63) is 136 Å². The van der Waals surface area contributed by atoms with Gasteiger partial charge in [0.25, 0.3) is 11.8 Å². The Morgan fingerprint density at radius 1 is 0.566 bits per heavy atom. The molecular weight excluding hydrogens is 1050 g/mol. The number of halogens is 4. The fourth-order valence-electron chi connectivity index (χ4n) is 11.8. The van der Waals surface area contributed by atoms with E-state index in [1.54, 1.807) is 17.0 Å². The molecule has 6 amide bonds. The summed E-state index contributed by atoms with van der Waals surface area (Å²) in [6, 6.07) is 19.7. The Bertz CT molecular complexity index is 2840. The minimum atomic E-state index is -0.139. The molecule has 2 N–H and O–H groups in total. The number of likely N-dealkylation sites (N-methyl/N-ethyl adjacent to an activating group) is 2. The number of ether oxygens (including phenoxy) is 4. The zero-order valence-electron chi connectivity index (χ0n) is 43.2. The van der Waals surface area contributed by atoms with Crippen LogP contribution in [0.4, 0.5) is 9.59 Å². The highest BCUT2D eigenvalue weighted by atomic mass is 35.5. The molecule has 2 unspecified atom stereocenters. The van der Waals surface area contributed by atoms with Gasteiger partial charge in [0.2, 0.25) is 0 Å². The van der Waals surface area contributed by atoms with Gasteiger partial charge in [-0.25, -0.2) is 9.59 Å². The predicted octanol–water partition coefficient (Wildman–Crippen LogP) is 7.56. The average Bonchev–Trinajstić information content (AvgIpc) is 4.08. The van der Waals surface area contributed by atoms with Gasteiger partial charge < -0.3 is 59.0 Å². The average molecular weight is 1120 g/mol. The van der Waals surface area contributed by atoms with Gasteiger partial charge in [0.05, 0.1) is 52.9 Å². The van der Waals surface area contributed by atoms with Crippen LogP contribution in [0.3, 0.4) is 0 Å². The molecule has 406 valence electrons. The molecule has 6 aliphatic rings. The maximum atomic E-state index is 13.4. The number of hydrogen-bond donors (Lipinski definition) is 2. The molecule has 76 heavy (non-hydrogen) atoms. The number of benzene rings is 4. The summed E-state index contributed by atoms with van der Waals surface area (Å²) in [5, 5.41) is 8.44. The number of carbonyl (C=O) groups excluding carboxylic acids is 4. The second-order valence-electron chi connectivity index (χ2n) is 21.1. The van der Waals surface area contributed by atoms with Crippen LogP contribution in [0.25, 0.3) is 0 Å². The van der Waals surface area contributed by atoms with Crippen molar-refractivity contribution in [2.45, 2.75) is 44.4 Å². The standard InChI is InChI=1S/C56H66Cl4N8O8/c1-63-29-46(44-23-40(57)25-50(59)48(44)31-63)36-3-5-38-27-65(52(69)42(38)21-36)11-15-75-19-17-73-13-8-61-54(71)67-10-7-56(33-67)34-68(35-56)55(72)62-9-14-74-18-20-76-16-12-66-28-39-6-4-37(22-43(39)53(66)70)47-30-64(2)32-49-45(47)24-41(58)26-51(49)60/h3-6,21-26,46-47H,7-20,27-35H2,1-2H3,(H,61,71)(H,62,72). The SMILES string of the molecule is CN1Cc2c(Cl)cc(Cl)cc2C(c2ccc3c(c2)C(=O)N(CCOCCOCCNC(=O)N2CCC4(C2)CN(C(=O)NCCOCCOCCN2Cc5ccc(C6CN(C)Cc7c(Cl)cc(Cl)cc76)cc5C2=O)C4)C3)C1. The number of hydrogen-bond acceptors (Lipinski definition) is 10. The molecule has 0 aliphatic carbocycles. The van der Waals surface area contributed by atoms with E-state index >= 15 is 0 Å².